The molecule has 1 aliphatic rings. The lowest BCUT2D eigenvalue weighted by Crippen LogP contribution is -2.62. The van der Waals surface area contributed by atoms with Gasteiger partial charge in [0, 0.05) is 12.8 Å². The van der Waals surface area contributed by atoms with E-state index < -0.39 is 12.1 Å². The van der Waals surface area contributed by atoms with Gasteiger partial charge in [-0.05, 0) is 91.7 Å². The summed E-state index contributed by atoms with van der Waals surface area (Å²) >= 11 is 4.48. The minimum Gasteiger partial charge on any atom is -0.488 e. The minimum atomic E-state index is -0.621. The van der Waals surface area contributed by atoms with Crippen molar-refractivity contribution in [3.63, 3.8) is 0 Å². The van der Waals surface area contributed by atoms with Crippen LogP contribution in [0, 0.1) is 7.14 Å². The number of piperazine rings is 1. The highest BCUT2D eigenvalue weighted by Crippen LogP contribution is 2.26. The monoisotopic (exact) mass is 758 g/mol. The molecular formula is C32H28I2N2O4. The zero-order valence-corrected chi connectivity index (χ0v) is 25.9. The van der Waals surface area contributed by atoms with Crippen molar-refractivity contribution in [2.75, 3.05) is 0 Å². The fourth-order valence-electron chi connectivity index (χ4n) is 4.48. The maximum absolute atomic E-state index is 12.9. The summed E-state index contributed by atoms with van der Waals surface area (Å²) in [5.74, 6) is 1.22. The van der Waals surface area contributed by atoms with Crippen LogP contribution >= 0.6 is 45.2 Å². The van der Waals surface area contributed by atoms with Crippen LogP contribution in [-0.4, -0.2) is 23.9 Å². The van der Waals surface area contributed by atoms with Gasteiger partial charge in [-0.2, -0.15) is 0 Å². The molecule has 1 heterocycles. The molecule has 1 aliphatic heterocycles. The van der Waals surface area contributed by atoms with Crippen LogP contribution in [0.2, 0.25) is 0 Å². The molecule has 40 heavy (non-hydrogen) atoms. The Morgan fingerprint density at radius 3 is 1.32 bits per heavy atom. The third-order valence-corrected chi connectivity index (χ3v) is 8.30. The Labute approximate surface area is 261 Å². The van der Waals surface area contributed by atoms with Crippen LogP contribution in [0.25, 0.3) is 0 Å². The zero-order chi connectivity index (χ0) is 27.9. The van der Waals surface area contributed by atoms with E-state index >= 15 is 0 Å². The lowest BCUT2D eigenvalue weighted by Gasteiger charge is -2.30. The largest absolute Gasteiger partial charge is 0.488 e. The molecule has 0 unspecified atom stereocenters. The first-order valence-electron chi connectivity index (χ1n) is 13.0. The molecule has 2 N–H and O–H groups in total. The summed E-state index contributed by atoms with van der Waals surface area (Å²) in [4.78, 5) is 25.8. The summed E-state index contributed by atoms with van der Waals surface area (Å²) in [7, 11) is 0. The molecule has 1 fully saturated rings. The minimum absolute atomic E-state index is 0.179. The summed E-state index contributed by atoms with van der Waals surface area (Å²) in [6.07, 6.45) is 0.815. The van der Waals surface area contributed by atoms with Crippen molar-refractivity contribution in [3.8, 4) is 11.5 Å². The molecule has 6 nitrogen and oxygen atoms in total. The maximum Gasteiger partial charge on any atom is 0.243 e. The van der Waals surface area contributed by atoms with E-state index in [1.54, 1.807) is 0 Å². The van der Waals surface area contributed by atoms with Crippen molar-refractivity contribution >= 4 is 57.0 Å². The van der Waals surface area contributed by atoms with E-state index in [9.17, 15) is 9.59 Å². The van der Waals surface area contributed by atoms with Gasteiger partial charge in [-0.15, -0.1) is 0 Å². The summed E-state index contributed by atoms with van der Waals surface area (Å²) < 4.78 is 13.8. The third kappa shape index (κ3) is 7.54. The quantitative estimate of drug-likeness (QED) is 0.200. The average molecular weight is 758 g/mol. The first-order valence-corrected chi connectivity index (χ1v) is 15.1. The van der Waals surface area contributed by atoms with E-state index in [0.29, 0.717) is 26.1 Å². The molecule has 1 saturated heterocycles. The highest BCUT2D eigenvalue weighted by molar-refractivity contribution is 14.1. The first-order chi connectivity index (χ1) is 19.4. The number of amides is 2. The van der Waals surface area contributed by atoms with Gasteiger partial charge in [0.1, 0.15) is 36.8 Å². The second-order valence-electron chi connectivity index (χ2n) is 9.61. The van der Waals surface area contributed by atoms with Gasteiger partial charge in [0.25, 0.3) is 0 Å². The molecular weight excluding hydrogens is 730 g/mol. The average Bonchev–Trinajstić information content (AvgIpc) is 2.96. The first kappa shape index (κ1) is 28.4. The molecule has 0 aromatic heterocycles. The number of ether oxygens (including phenoxy) is 2. The Morgan fingerprint density at radius 2 is 0.950 bits per heavy atom. The second kappa shape index (κ2) is 13.5. The molecule has 0 aliphatic carbocycles. The van der Waals surface area contributed by atoms with E-state index in [0.717, 1.165) is 40.9 Å². The van der Waals surface area contributed by atoms with Gasteiger partial charge in [-0.25, -0.2) is 0 Å². The van der Waals surface area contributed by atoms with Crippen LogP contribution in [0.15, 0.2) is 97.1 Å². The molecule has 0 bridgehead atoms. The van der Waals surface area contributed by atoms with E-state index in [4.69, 9.17) is 9.47 Å². The standard InChI is InChI=1S/C32H28I2N2O4/c33-25-15-23(11-13-29(25)39-19-21-7-3-1-4-8-21)17-27-31(37)36-28(32(38)35-27)18-24-12-14-30(26(34)16-24)40-20-22-9-5-2-6-10-22/h1-16,27-28H,17-20H2,(H,35,38)(H,36,37)/t27-,28-/m0/s1. The number of halogens is 2. The van der Waals surface area contributed by atoms with Gasteiger partial charge < -0.3 is 20.1 Å². The van der Waals surface area contributed by atoms with Crippen LogP contribution < -0.4 is 20.1 Å². The summed E-state index contributed by atoms with van der Waals surface area (Å²) in [6.45, 7) is 0.975. The number of nitrogens with one attached hydrogen (secondary N) is 2. The van der Waals surface area contributed by atoms with E-state index in [-0.39, 0.29) is 11.8 Å². The number of carbonyl (C=O) groups is 2. The van der Waals surface area contributed by atoms with Crippen molar-refractivity contribution in [1.82, 2.24) is 10.6 Å². The van der Waals surface area contributed by atoms with Crippen LogP contribution in [0.3, 0.4) is 0 Å². The molecule has 4 aromatic rings. The number of hydrogen-bond acceptors (Lipinski definition) is 4. The maximum atomic E-state index is 12.9. The van der Waals surface area contributed by atoms with Gasteiger partial charge in [0.15, 0.2) is 0 Å². The van der Waals surface area contributed by atoms with Gasteiger partial charge in [-0.1, -0.05) is 72.8 Å². The topological polar surface area (TPSA) is 76.7 Å². The molecule has 4 aromatic carbocycles. The Hall–Kier alpha value is -3.12. The third-order valence-electron chi connectivity index (χ3n) is 6.61. The van der Waals surface area contributed by atoms with Gasteiger partial charge in [0.05, 0.1) is 7.14 Å². The molecule has 0 radical (unpaired) electrons. The molecule has 5 rings (SSSR count). The predicted molar refractivity (Wildman–Crippen MR) is 171 cm³/mol. The Bertz CT molecular complexity index is 1370. The smallest absolute Gasteiger partial charge is 0.243 e. The molecule has 8 heteroatoms. The number of rotatable bonds is 10. The Kier molecular flexibility index (Phi) is 9.58. The molecule has 0 spiro atoms. The van der Waals surface area contributed by atoms with Gasteiger partial charge in [-0.3, -0.25) is 9.59 Å². The van der Waals surface area contributed by atoms with Gasteiger partial charge in [0.2, 0.25) is 11.8 Å². The zero-order valence-electron chi connectivity index (χ0n) is 21.6. The normalized spacial score (nSPS) is 16.6. The number of hydrogen-bond donors (Lipinski definition) is 2. The lowest BCUT2D eigenvalue weighted by atomic mass is 9.98. The van der Waals surface area contributed by atoms with Crippen LogP contribution in [0.4, 0.5) is 0 Å². The van der Waals surface area contributed by atoms with E-state index in [1.165, 1.54) is 0 Å². The second-order valence-corrected chi connectivity index (χ2v) is 11.9. The number of benzene rings is 4. The van der Waals surface area contributed by atoms with E-state index in [2.05, 4.69) is 55.8 Å². The van der Waals surface area contributed by atoms with Gasteiger partial charge >= 0.3 is 0 Å². The van der Waals surface area contributed by atoms with Crippen molar-refractivity contribution < 1.29 is 19.1 Å². The molecule has 2 atom stereocenters. The highest BCUT2D eigenvalue weighted by atomic mass is 127. The summed E-state index contributed by atoms with van der Waals surface area (Å²) in [6, 6.07) is 30.5. The molecule has 2 amide bonds. The van der Waals surface area contributed by atoms with E-state index in [1.807, 2.05) is 97.1 Å². The Morgan fingerprint density at radius 1 is 0.550 bits per heavy atom. The van der Waals surface area contributed by atoms with Crippen LogP contribution in [0.1, 0.15) is 22.3 Å². The summed E-state index contributed by atoms with van der Waals surface area (Å²) in [5.41, 5.74) is 4.10. The predicted octanol–water partition coefficient (Wildman–Crippen LogP) is 5.82. The fraction of sp³-hybridized carbons (Fsp3) is 0.188. The molecule has 0 saturated carbocycles. The lowest BCUT2D eigenvalue weighted by molar-refractivity contribution is -0.136. The number of carbonyl (C=O) groups excluding carboxylic acids is 2. The molecule has 204 valence electrons. The van der Waals surface area contributed by atoms with Crippen molar-refractivity contribution in [2.45, 2.75) is 38.1 Å². The van der Waals surface area contributed by atoms with Crippen molar-refractivity contribution in [1.29, 1.82) is 0 Å². The summed E-state index contributed by atoms with van der Waals surface area (Å²) in [5, 5.41) is 5.84. The van der Waals surface area contributed by atoms with Crippen molar-refractivity contribution in [3.05, 3.63) is 126 Å². The van der Waals surface area contributed by atoms with Crippen molar-refractivity contribution in [2.24, 2.45) is 0 Å². The highest BCUT2D eigenvalue weighted by Gasteiger charge is 2.33. The fourth-order valence-corrected chi connectivity index (χ4v) is 5.95. The van der Waals surface area contributed by atoms with Crippen LogP contribution in [-0.2, 0) is 35.6 Å². The van der Waals surface area contributed by atoms with Crippen LogP contribution in [0.5, 0.6) is 11.5 Å². The Balaban J connectivity index is 1.14. The SMILES string of the molecule is O=C1N[C@@H](Cc2ccc(OCc3ccccc3)c(I)c2)C(=O)N[C@H]1Cc1ccc(OCc2ccccc2)c(I)c1.